The molecule has 1 fully saturated rings. The number of nitrogens with one attached hydrogen (secondary N) is 1. The molecule has 0 atom stereocenters. The van der Waals surface area contributed by atoms with E-state index in [-0.39, 0.29) is 30.9 Å². The Labute approximate surface area is 175 Å². The molecule has 1 amide bonds. The number of ether oxygens (including phenoxy) is 2. The van der Waals surface area contributed by atoms with Crippen LogP contribution in [0.3, 0.4) is 0 Å². The fourth-order valence-corrected chi connectivity index (χ4v) is 3.61. The average molecular weight is 406 g/mol. The van der Waals surface area contributed by atoms with Crippen LogP contribution in [0.15, 0.2) is 54.7 Å². The molecule has 0 unspecified atom stereocenters. The van der Waals surface area contributed by atoms with E-state index in [4.69, 9.17) is 9.47 Å². The highest BCUT2D eigenvalue weighted by atomic mass is 16.5. The number of aromatic amines is 1. The summed E-state index contributed by atoms with van der Waals surface area (Å²) < 4.78 is 10.5. The van der Waals surface area contributed by atoms with Crippen LogP contribution in [-0.2, 0) is 27.3 Å². The third-order valence-corrected chi connectivity index (χ3v) is 5.45. The first-order chi connectivity index (χ1) is 14.6. The first-order valence-corrected chi connectivity index (χ1v) is 10.3. The smallest absolute Gasteiger partial charge is 0.306 e. The van der Waals surface area contributed by atoms with Gasteiger partial charge in [0.1, 0.15) is 5.75 Å². The Balaban J connectivity index is 1.28. The molecular weight excluding hydrogens is 380 g/mol. The molecule has 6 nitrogen and oxygen atoms in total. The maximum absolute atomic E-state index is 12.7. The average Bonchev–Trinajstić information content (AvgIpc) is 3.54. The lowest BCUT2D eigenvalue weighted by atomic mass is 10.1. The predicted molar refractivity (Wildman–Crippen MR) is 114 cm³/mol. The zero-order valence-electron chi connectivity index (χ0n) is 17.1. The van der Waals surface area contributed by atoms with Gasteiger partial charge < -0.3 is 19.4 Å². The number of carbonyl (C=O) groups is 2. The van der Waals surface area contributed by atoms with E-state index in [9.17, 15) is 9.59 Å². The molecule has 0 bridgehead atoms. The number of H-pyrrole nitrogens is 1. The minimum Gasteiger partial charge on any atom is -0.497 e. The number of fused-ring (bicyclic) bond motifs is 1. The number of nitrogens with zero attached hydrogens (tertiary/aromatic N) is 1. The van der Waals surface area contributed by atoms with Gasteiger partial charge in [0.2, 0.25) is 0 Å². The summed E-state index contributed by atoms with van der Waals surface area (Å²) in [5, 5.41) is 1.11. The Kier molecular flexibility index (Phi) is 6.02. The summed E-state index contributed by atoms with van der Waals surface area (Å²) in [6.07, 6.45) is 4.74. The van der Waals surface area contributed by atoms with E-state index in [1.54, 1.807) is 7.11 Å². The molecule has 156 valence electrons. The molecule has 1 heterocycles. The van der Waals surface area contributed by atoms with E-state index in [0.717, 1.165) is 40.6 Å². The van der Waals surface area contributed by atoms with Crippen LogP contribution in [0, 0.1) is 0 Å². The van der Waals surface area contributed by atoms with Gasteiger partial charge >= 0.3 is 5.97 Å². The van der Waals surface area contributed by atoms with Crippen LogP contribution >= 0.6 is 0 Å². The molecule has 6 heteroatoms. The van der Waals surface area contributed by atoms with Gasteiger partial charge in [-0.15, -0.1) is 0 Å². The van der Waals surface area contributed by atoms with E-state index >= 15 is 0 Å². The third kappa shape index (κ3) is 4.82. The van der Waals surface area contributed by atoms with E-state index in [0.29, 0.717) is 13.0 Å². The Morgan fingerprint density at radius 2 is 1.87 bits per heavy atom. The number of benzene rings is 2. The van der Waals surface area contributed by atoms with Crippen LogP contribution < -0.4 is 4.74 Å². The number of hydrogen-bond donors (Lipinski definition) is 1. The number of aromatic nitrogens is 1. The second-order valence-electron chi connectivity index (χ2n) is 7.62. The van der Waals surface area contributed by atoms with Crippen LogP contribution in [0.25, 0.3) is 10.9 Å². The molecule has 4 rings (SSSR count). The molecule has 0 spiro atoms. The van der Waals surface area contributed by atoms with Gasteiger partial charge in [-0.25, -0.2) is 0 Å². The number of para-hydroxylation sites is 1. The molecule has 30 heavy (non-hydrogen) atoms. The van der Waals surface area contributed by atoms with Crippen molar-refractivity contribution in [1.82, 2.24) is 9.88 Å². The van der Waals surface area contributed by atoms with E-state index in [1.807, 2.05) is 59.6 Å². The van der Waals surface area contributed by atoms with Crippen molar-refractivity contribution in [2.45, 2.75) is 38.3 Å². The standard InChI is InChI=1S/C24H26N2O4/c1-29-20-11-6-17(7-12-20)15-26(19-9-10-19)23(27)16-30-24(28)13-8-18-14-25-22-5-3-2-4-21(18)22/h2-7,11-12,14,19,25H,8-10,13,15-16H2,1H3. The second kappa shape index (κ2) is 9.03. The summed E-state index contributed by atoms with van der Waals surface area (Å²) in [6, 6.07) is 15.9. The molecule has 0 aliphatic heterocycles. The van der Waals surface area contributed by atoms with Crippen LogP contribution in [0.2, 0.25) is 0 Å². The first kappa shape index (κ1) is 20.0. The zero-order valence-corrected chi connectivity index (χ0v) is 17.1. The van der Waals surface area contributed by atoms with E-state index < -0.39 is 0 Å². The largest absolute Gasteiger partial charge is 0.497 e. The molecule has 1 N–H and O–H groups in total. The molecular formula is C24H26N2O4. The number of aryl methyl sites for hydroxylation is 1. The third-order valence-electron chi connectivity index (χ3n) is 5.45. The highest BCUT2D eigenvalue weighted by molar-refractivity contribution is 5.84. The molecule has 0 saturated heterocycles. The van der Waals surface area contributed by atoms with Crippen molar-refractivity contribution in [1.29, 1.82) is 0 Å². The number of esters is 1. The summed E-state index contributed by atoms with van der Waals surface area (Å²) in [4.78, 5) is 29.9. The molecule has 1 aliphatic carbocycles. The quantitative estimate of drug-likeness (QED) is 0.548. The maximum Gasteiger partial charge on any atom is 0.306 e. The number of hydrogen-bond acceptors (Lipinski definition) is 4. The van der Waals surface area contributed by atoms with Crippen molar-refractivity contribution in [3.8, 4) is 5.75 Å². The van der Waals surface area contributed by atoms with Crippen LogP contribution in [0.1, 0.15) is 30.4 Å². The number of rotatable bonds is 9. The SMILES string of the molecule is COc1ccc(CN(C(=O)COC(=O)CCc2c[nH]c3ccccc23)C2CC2)cc1. The van der Waals surface area contributed by atoms with Gasteiger partial charge in [0.15, 0.2) is 6.61 Å². The summed E-state index contributed by atoms with van der Waals surface area (Å²) in [5.41, 5.74) is 3.16. The normalized spacial score (nSPS) is 13.2. The van der Waals surface area contributed by atoms with Gasteiger partial charge in [-0.3, -0.25) is 9.59 Å². The molecule has 2 aromatic carbocycles. The number of methoxy groups -OCH3 is 1. The van der Waals surface area contributed by atoms with E-state index in [1.165, 1.54) is 0 Å². The fraction of sp³-hybridized carbons (Fsp3) is 0.333. The van der Waals surface area contributed by atoms with Gasteiger partial charge in [0.05, 0.1) is 7.11 Å². The molecule has 1 saturated carbocycles. The lowest BCUT2D eigenvalue weighted by Crippen LogP contribution is -2.36. The van der Waals surface area contributed by atoms with Crippen LogP contribution in [0.5, 0.6) is 5.75 Å². The lowest BCUT2D eigenvalue weighted by Gasteiger charge is -2.22. The highest BCUT2D eigenvalue weighted by Gasteiger charge is 2.32. The predicted octanol–water partition coefficient (Wildman–Crippen LogP) is 3.84. The number of amides is 1. The minimum absolute atomic E-state index is 0.145. The van der Waals surface area contributed by atoms with Gasteiger partial charge in [0, 0.05) is 36.1 Å². The lowest BCUT2D eigenvalue weighted by molar-refractivity contribution is -0.152. The van der Waals surface area contributed by atoms with Crippen molar-refractivity contribution < 1.29 is 19.1 Å². The molecule has 1 aliphatic rings. The maximum atomic E-state index is 12.7. The van der Waals surface area contributed by atoms with Crippen molar-refractivity contribution in [3.63, 3.8) is 0 Å². The van der Waals surface area contributed by atoms with Gasteiger partial charge in [-0.1, -0.05) is 30.3 Å². The summed E-state index contributed by atoms with van der Waals surface area (Å²) in [7, 11) is 1.63. The Morgan fingerprint density at radius 3 is 2.60 bits per heavy atom. The van der Waals surface area contributed by atoms with Crippen molar-refractivity contribution in [2.24, 2.45) is 0 Å². The van der Waals surface area contributed by atoms with Gasteiger partial charge in [-0.2, -0.15) is 0 Å². The summed E-state index contributed by atoms with van der Waals surface area (Å²) in [6.45, 7) is 0.305. The fourth-order valence-electron chi connectivity index (χ4n) is 3.61. The summed E-state index contributed by atoms with van der Waals surface area (Å²) in [5.74, 6) is 0.287. The molecule has 3 aromatic rings. The Bertz CT molecular complexity index is 1020. The molecule has 0 radical (unpaired) electrons. The minimum atomic E-state index is -0.353. The van der Waals surface area contributed by atoms with Crippen LogP contribution in [0.4, 0.5) is 0 Å². The first-order valence-electron chi connectivity index (χ1n) is 10.3. The summed E-state index contributed by atoms with van der Waals surface area (Å²) >= 11 is 0. The van der Waals surface area contributed by atoms with Crippen molar-refractivity contribution >= 4 is 22.8 Å². The van der Waals surface area contributed by atoms with E-state index in [2.05, 4.69) is 4.98 Å². The molecule has 1 aromatic heterocycles. The van der Waals surface area contributed by atoms with Crippen molar-refractivity contribution in [2.75, 3.05) is 13.7 Å². The second-order valence-corrected chi connectivity index (χ2v) is 7.62. The van der Waals surface area contributed by atoms with Crippen molar-refractivity contribution in [3.05, 3.63) is 65.9 Å². The Hall–Kier alpha value is -3.28. The highest BCUT2D eigenvalue weighted by Crippen LogP contribution is 2.29. The number of carbonyl (C=O) groups excluding carboxylic acids is 2. The Morgan fingerprint density at radius 1 is 1.10 bits per heavy atom. The van der Waals surface area contributed by atoms with Gasteiger partial charge in [0.25, 0.3) is 5.91 Å². The monoisotopic (exact) mass is 406 g/mol. The zero-order chi connectivity index (χ0) is 20.9. The van der Waals surface area contributed by atoms with Crippen LogP contribution in [-0.4, -0.2) is 41.5 Å². The van der Waals surface area contributed by atoms with Gasteiger partial charge in [-0.05, 0) is 48.6 Å². The topological polar surface area (TPSA) is 71.6 Å².